The first-order chi connectivity index (χ1) is 10.2. The molecule has 2 aliphatic heterocycles. The highest BCUT2D eigenvalue weighted by atomic mass is 35.5. The van der Waals surface area contributed by atoms with Gasteiger partial charge < -0.3 is 9.47 Å². The van der Waals surface area contributed by atoms with E-state index < -0.39 is 0 Å². The highest BCUT2D eigenvalue weighted by Gasteiger charge is 2.39. The van der Waals surface area contributed by atoms with Gasteiger partial charge in [0.05, 0.1) is 22.8 Å². The number of aldehydes is 1. The zero-order valence-corrected chi connectivity index (χ0v) is 13.4. The number of carbonyl (C=O) groups is 1. The van der Waals surface area contributed by atoms with Crippen molar-refractivity contribution in [2.45, 2.75) is 37.4 Å². The largest absolute Gasteiger partial charge is 0.488 e. The van der Waals surface area contributed by atoms with Crippen molar-refractivity contribution < 1.29 is 14.3 Å². The van der Waals surface area contributed by atoms with Crippen molar-refractivity contribution in [2.75, 3.05) is 18.1 Å². The summed E-state index contributed by atoms with van der Waals surface area (Å²) in [7, 11) is 0. The monoisotopic (exact) mass is 326 g/mol. The first-order valence-corrected chi connectivity index (χ1v) is 8.88. The van der Waals surface area contributed by atoms with Crippen LogP contribution >= 0.6 is 23.4 Å². The van der Waals surface area contributed by atoms with Gasteiger partial charge in [0.15, 0.2) is 6.29 Å². The molecule has 1 atom stereocenters. The van der Waals surface area contributed by atoms with E-state index in [4.69, 9.17) is 21.1 Å². The molecule has 3 rings (SSSR count). The third kappa shape index (κ3) is 3.38. The Bertz CT molecular complexity index is 509. The van der Waals surface area contributed by atoms with Crippen LogP contribution in [0.15, 0.2) is 18.2 Å². The third-order valence-corrected chi connectivity index (χ3v) is 5.54. The highest BCUT2D eigenvalue weighted by Crippen LogP contribution is 2.39. The molecular formula is C16H19ClO3S. The van der Waals surface area contributed by atoms with Crippen LogP contribution in [0, 0.1) is 0 Å². The summed E-state index contributed by atoms with van der Waals surface area (Å²) in [5.74, 6) is 2.82. The number of hydrogen-bond acceptors (Lipinski definition) is 4. The van der Waals surface area contributed by atoms with Crippen LogP contribution < -0.4 is 4.74 Å². The lowest BCUT2D eigenvalue weighted by atomic mass is 9.86. The predicted octanol–water partition coefficient (Wildman–Crippen LogP) is 3.98. The molecule has 2 aliphatic rings. The lowest BCUT2D eigenvalue weighted by molar-refractivity contribution is -0.116. The lowest BCUT2D eigenvalue weighted by Crippen LogP contribution is -2.46. The van der Waals surface area contributed by atoms with Crippen molar-refractivity contribution in [1.82, 2.24) is 0 Å². The van der Waals surface area contributed by atoms with E-state index in [0.29, 0.717) is 16.3 Å². The van der Waals surface area contributed by atoms with E-state index >= 15 is 0 Å². The average Bonchev–Trinajstić information content (AvgIpc) is 2.50. The summed E-state index contributed by atoms with van der Waals surface area (Å²) in [6.07, 6.45) is 4.77. The Labute approximate surface area is 134 Å². The molecule has 2 saturated heterocycles. The summed E-state index contributed by atoms with van der Waals surface area (Å²) in [6.45, 7) is 0.718. The van der Waals surface area contributed by atoms with E-state index in [-0.39, 0.29) is 11.7 Å². The van der Waals surface area contributed by atoms with Crippen molar-refractivity contribution in [3.8, 4) is 5.75 Å². The van der Waals surface area contributed by atoms with E-state index in [1.165, 1.54) is 0 Å². The third-order valence-electron chi connectivity index (χ3n) is 4.26. The van der Waals surface area contributed by atoms with Crippen molar-refractivity contribution >= 4 is 29.6 Å². The number of carbonyl (C=O) groups excluding carboxylic acids is 1. The summed E-state index contributed by atoms with van der Waals surface area (Å²) in [5.41, 5.74) is 0.485. The number of hydrogen-bond donors (Lipinski definition) is 0. The van der Waals surface area contributed by atoms with Gasteiger partial charge in [-0.3, -0.25) is 4.79 Å². The van der Waals surface area contributed by atoms with Crippen molar-refractivity contribution in [3.05, 3.63) is 28.8 Å². The Hall–Kier alpha value is -0.710. The summed E-state index contributed by atoms with van der Waals surface area (Å²) in [4.78, 5) is 11.2. The topological polar surface area (TPSA) is 35.5 Å². The van der Waals surface area contributed by atoms with Crippen LogP contribution in [-0.2, 0) is 4.74 Å². The number of benzene rings is 1. The molecule has 1 spiro atoms. The van der Waals surface area contributed by atoms with Gasteiger partial charge in [-0.25, -0.2) is 0 Å². The molecule has 0 N–H and O–H groups in total. The SMILES string of the molecule is O=Cc1cccc(Cl)c1OC1CCOC2(CCSCC2)C1. The molecular weight excluding hydrogens is 308 g/mol. The normalized spacial score (nSPS) is 24.7. The van der Waals surface area contributed by atoms with Gasteiger partial charge in [-0.2, -0.15) is 11.8 Å². The van der Waals surface area contributed by atoms with Crippen LogP contribution in [0.25, 0.3) is 0 Å². The fourth-order valence-corrected chi connectivity index (χ4v) is 4.55. The van der Waals surface area contributed by atoms with Crippen LogP contribution in [0.4, 0.5) is 0 Å². The van der Waals surface area contributed by atoms with Gasteiger partial charge in [0, 0.05) is 12.8 Å². The van der Waals surface area contributed by atoms with Crippen LogP contribution in [0.1, 0.15) is 36.0 Å². The Morgan fingerprint density at radius 2 is 2.19 bits per heavy atom. The van der Waals surface area contributed by atoms with Crippen LogP contribution in [0.2, 0.25) is 5.02 Å². The molecule has 1 aromatic carbocycles. The molecule has 2 fully saturated rings. The maximum Gasteiger partial charge on any atom is 0.153 e. The highest BCUT2D eigenvalue weighted by molar-refractivity contribution is 7.99. The molecule has 1 unspecified atom stereocenters. The number of para-hydroxylation sites is 1. The van der Waals surface area contributed by atoms with Crippen LogP contribution in [0.3, 0.4) is 0 Å². The molecule has 0 amide bonds. The van der Waals surface area contributed by atoms with Crippen molar-refractivity contribution in [1.29, 1.82) is 0 Å². The predicted molar refractivity (Wildman–Crippen MR) is 85.7 cm³/mol. The summed E-state index contributed by atoms with van der Waals surface area (Å²) < 4.78 is 12.2. The number of thioether (sulfide) groups is 1. The van der Waals surface area contributed by atoms with Crippen molar-refractivity contribution in [3.63, 3.8) is 0 Å². The number of rotatable bonds is 3. The Morgan fingerprint density at radius 1 is 1.38 bits per heavy atom. The van der Waals surface area contributed by atoms with Crippen LogP contribution in [-0.4, -0.2) is 36.1 Å². The molecule has 0 bridgehead atoms. The van der Waals surface area contributed by atoms with E-state index in [1.54, 1.807) is 18.2 Å². The van der Waals surface area contributed by atoms with Crippen molar-refractivity contribution in [2.24, 2.45) is 0 Å². The molecule has 0 aliphatic carbocycles. The second kappa shape index (κ2) is 6.59. The van der Waals surface area contributed by atoms with Gasteiger partial charge in [0.1, 0.15) is 11.9 Å². The number of halogens is 1. The molecule has 2 heterocycles. The maximum absolute atomic E-state index is 11.2. The fraction of sp³-hybridized carbons (Fsp3) is 0.562. The van der Waals surface area contributed by atoms with Gasteiger partial charge in [-0.05, 0) is 36.5 Å². The Kier molecular flexibility index (Phi) is 4.77. The zero-order chi connectivity index (χ0) is 14.7. The minimum absolute atomic E-state index is 0.0310. The molecule has 114 valence electrons. The molecule has 21 heavy (non-hydrogen) atoms. The Morgan fingerprint density at radius 3 is 2.95 bits per heavy atom. The smallest absolute Gasteiger partial charge is 0.153 e. The molecule has 3 nitrogen and oxygen atoms in total. The maximum atomic E-state index is 11.2. The molecule has 1 aromatic rings. The number of ether oxygens (including phenoxy) is 2. The van der Waals surface area contributed by atoms with Gasteiger partial charge >= 0.3 is 0 Å². The van der Waals surface area contributed by atoms with Gasteiger partial charge in [0.2, 0.25) is 0 Å². The second-order valence-electron chi connectivity index (χ2n) is 5.65. The molecule has 0 saturated carbocycles. The zero-order valence-electron chi connectivity index (χ0n) is 11.8. The van der Waals surface area contributed by atoms with E-state index in [1.807, 2.05) is 11.8 Å². The summed E-state index contributed by atoms with van der Waals surface area (Å²) in [6, 6.07) is 5.26. The fourth-order valence-electron chi connectivity index (χ4n) is 3.08. The minimum Gasteiger partial charge on any atom is -0.488 e. The second-order valence-corrected chi connectivity index (χ2v) is 7.28. The van der Waals surface area contributed by atoms with E-state index in [2.05, 4.69) is 0 Å². The summed E-state index contributed by atoms with van der Waals surface area (Å²) >= 11 is 8.17. The summed E-state index contributed by atoms with van der Waals surface area (Å²) in [5, 5.41) is 0.499. The molecule has 0 radical (unpaired) electrons. The standard InChI is InChI=1S/C16H19ClO3S/c17-14-3-1-2-12(11-18)15(14)20-13-4-7-19-16(10-13)5-8-21-9-6-16/h1-3,11,13H,4-10H2. The molecule has 5 heteroatoms. The molecule has 0 aromatic heterocycles. The van der Waals surface area contributed by atoms with Gasteiger partial charge in [-0.15, -0.1) is 0 Å². The van der Waals surface area contributed by atoms with Crippen LogP contribution in [0.5, 0.6) is 5.75 Å². The minimum atomic E-state index is -0.0310. The first-order valence-electron chi connectivity index (χ1n) is 7.34. The first kappa shape index (κ1) is 15.2. The lowest BCUT2D eigenvalue weighted by Gasteiger charge is -2.43. The van der Waals surface area contributed by atoms with Gasteiger partial charge in [-0.1, -0.05) is 17.7 Å². The van der Waals surface area contributed by atoms with E-state index in [9.17, 15) is 4.79 Å². The van der Waals surface area contributed by atoms with Gasteiger partial charge in [0.25, 0.3) is 0 Å². The quantitative estimate of drug-likeness (QED) is 0.787. The Balaban J connectivity index is 1.74. The van der Waals surface area contributed by atoms with E-state index in [0.717, 1.165) is 50.1 Å². The average molecular weight is 327 g/mol.